The van der Waals surface area contributed by atoms with Gasteiger partial charge in [-0.25, -0.2) is 4.39 Å². The molecule has 1 unspecified atom stereocenters. The first-order valence-corrected chi connectivity index (χ1v) is 7.50. The maximum Gasteiger partial charge on any atom is 0.165 e. The van der Waals surface area contributed by atoms with E-state index in [9.17, 15) is 4.39 Å². The predicted molar refractivity (Wildman–Crippen MR) is 81.8 cm³/mol. The molecular formula is C16H27FN2O. The smallest absolute Gasteiger partial charge is 0.165 e. The molecule has 4 heteroatoms. The molecule has 3 nitrogen and oxygen atoms in total. The van der Waals surface area contributed by atoms with E-state index in [1.807, 2.05) is 19.9 Å². The van der Waals surface area contributed by atoms with Gasteiger partial charge < -0.3 is 15.0 Å². The third kappa shape index (κ3) is 4.76. The molecule has 1 N–H and O–H groups in total. The van der Waals surface area contributed by atoms with Crippen LogP contribution in [0.25, 0.3) is 0 Å². The second-order valence-corrected chi connectivity index (χ2v) is 4.81. The number of nitrogens with zero attached hydrogens (tertiary/aromatic N) is 1. The van der Waals surface area contributed by atoms with Crippen LogP contribution in [0.3, 0.4) is 0 Å². The quantitative estimate of drug-likeness (QED) is 0.752. The average Bonchev–Trinajstić information content (AvgIpc) is 2.45. The number of benzene rings is 1. The minimum absolute atomic E-state index is 0.0825. The number of hydrogen-bond donors (Lipinski definition) is 1. The summed E-state index contributed by atoms with van der Waals surface area (Å²) in [7, 11) is 0. The lowest BCUT2D eigenvalue weighted by atomic mass is 10.1. The number of halogens is 1. The monoisotopic (exact) mass is 282 g/mol. The SMILES string of the molecule is CCNC(C)c1cccc(F)c1OCCN(CC)CC. The normalized spacial score (nSPS) is 12.7. The van der Waals surface area contributed by atoms with Gasteiger partial charge >= 0.3 is 0 Å². The highest BCUT2D eigenvalue weighted by atomic mass is 19.1. The van der Waals surface area contributed by atoms with Crippen LogP contribution in [0.2, 0.25) is 0 Å². The van der Waals surface area contributed by atoms with Gasteiger partial charge in [0, 0.05) is 18.2 Å². The summed E-state index contributed by atoms with van der Waals surface area (Å²) in [5, 5.41) is 3.29. The van der Waals surface area contributed by atoms with Gasteiger partial charge in [0.15, 0.2) is 11.6 Å². The molecule has 114 valence electrons. The van der Waals surface area contributed by atoms with E-state index >= 15 is 0 Å². The summed E-state index contributed by atoms with van der Waals surface area (Å²) < 4.78 is 19.7. The minimum atomic E-state index is -0.285. The summed E-state index contributed by atoms with van der Waals surface area (Å²) in [6, 6.07) is 5.19. The second kappa shape index (κ2) is 8.93. The standard InChI is InChI=1S/C16H27FN2O/c1-5-18-13(4)14-9-8-10-15(17)16(14)20-12-11-19(6-2)7-3/h8-10,13,18H,5-7,11-12H2,1-4H3. The molecule has 0 aliphatic rings. The van der Waals surface area contributed by atoms with Gasteiger partial charge in [0.2, 0.25) is 0 Å². The molecule has 1 aromatic rings. The lowest BCUT2D eigenvalue weighted by molar-refractivity contribution is 0.215. The van der Waals surface area contributed by atoms with Crippen molar-refractivity contribution >= 4 is 0 Å². The number of rotatable bonds is 9. The van der Waals surface area contributed by atoms with Crippen molar-refractivity contribution in [3.8, 4) is 5.75 Å². The van der Waals surface area contributed by atoms with Gasteiger partial charge in [0.25, 0.3) is 0 Å². The van der Waals surface area contributed by atoms with E-state index in [2.05, 4.69) is 24.1 Å². The number of likely N-dealkylation sites (N-methyl/N-ethyl adjacent to an activating group) is 1. The lowest BCUT2D eigenvalue weighted by Gasteiger charge is -2.21. The summed E-state index contributed by atoms with van der Waals surface area (Å²) in [5.74, 6) is 0.0971. The fourth-order valence-corrected chi connectivity index (χ4v) is 2.25. The molecule has 0 radical (unpaired) electrons. The molecule has 0 heterocycles. The molecule has 1 rings (SSSR count). The Labute approximate surface area is 122 Å². The molecule has 0 aliphatic carbocycles. The Morgan fingerprint density at radius 2 is 1.95 bits per heavy atom. The maximum atomic E-state index is 14.0. The van der Waals surface area contributed by atoms with Crippen molar-refractivity contribution in [2.24, 2.45) is 0 Å². The van der Waals surface area contributed by atoms with Gasteiger partial charge in [-0.3, -0.25) is 0 Å². The van der Waals surface area contributed by atoms with Crippen LogP contribution in [-0.2, 0) is 0 Å². The van der Waals surface area contributed by atoms with Crippen molar-refractivity contribution in [1.29, 1.82) is 0 Å². The van der Waals surface area contributed by atoms with Gasteiger partial charge in [0.1, 0.15) is 6.61 Å². The Hall–Kier alpha value is -1.13. The van der Waals surface area contributed by atoms with Crippen molar-refractivity contribution < 1.29 is 9.13 Å². The summed E-state index contributed by atoms with van der Waals surface area (Å²) >= 11 is 0. The Kier molecular flexibility index (Phi) is 7.55. The van der Waals surface area contributed by atoms with Crippen LogP contribution in [0.5, 0.6) is 5.75 Å². The highest BCUT2D eigenvalue weighted by Gasteiger charge is 2.15. The molecule has 0 fully saturated rings. The zero-order valence-electron chi connectivity index (χ0n) is 13.1. The molecule has 0 aliphatic heterocycles. The summed E-state index contributed by atoms with van der Waals surface area (Å²) in [4.78, 5) is 2.26. The van der Waals surface area contributed by atoms with Crippen LogP contribution >= 0.6 is 0 Å². The molecule has 1 atom stereocenters. The van der Waals surface area contributed by atoms with E-state index in [1.165, 1.54) is 6.07 Å². The largest absolute Gasteiger partial charge is 0.489 e. The van der Waals surface area contributed by atoms with Crippen LogP contribution in [0.4, 0.5) is 4.39 Å². The summed E-state index contributed by atoms with van der Waals surface area (Å²) in [6.07, 6.45) is 0. The summed E-state index contributed by atoms with van der Waals surface area (Å²) in [5.41, 5.74) is 0.881. The van der Waals surface area contributed by atoms with E-state index in [-0.39, 0.29) is 11.9 Å². The predicted octanol–water partition coefficient (Wildman–Crippen LogP) is 3.22. The van der Waals surface area contributed by atoms with Crippen molar-refractivity contribution in [3.05, 3.63) is 29.6 Å². The van der Waals surface area contributed by atoms with E-state index in [4.69, 9.17) is 4.74 Å². The molecule has 0 spiro atoms. The van der Waals surface area contributed by atoms with E-state index < -0.39 is 0 Å². The van der Waals surface area contributed by atoms with Crippen molar-refractivity contribution in [2.45, 2.75) is 33.7 Å². The van der Waals surface area contributed by atoms with Gasteiger partial charge in [-0.1, -0.05) is 32.9 Å². The zero-order valence-corrected chi connectivity index (χ0v) is 13.1. The second-order valence-electron chi connectivity index (χ2n) is 4.81. The molecule has 0 aromatic heterocycles. The molecule has 0 saturated heterocycles. The number of nitrogens with one attached hydrogen (secondary N) is 1. The molecule has 0 bridgehead atoms. The van der Waals surface area contributed by atoms with Crippen LogP contribution < -0.4 is 10.1 Å². The van der Waals surface area contributed by atoms with Crippen LogP contribution in [0.1, 0.15) is 39.3 Å². The lowest BCUT2D eigenvalue weighted by Crippen LogP contribution is -2.28. The van der Waals surface area contributed by atoms with E-state index in [0.717, 1.165) is 31.7 Å². The number of para-hydroxylation sites is 1. The highest BCUT2D eigenvalue weighted by Crippen LogP contribution is 2.28. The van der Waals surface area contributed by atoms with Gasteiger partial charge in [-0.2, -0.15) is 0 Å². The van der Waals surface area contributed by atoms with Crippen molar-refractivity contribution in [3.63, 3.8) is 0 Å². The molecular weight excluding hydrogens is 255 g/mol. The van der Waals surface area contributed by atoms with Gasteiger partial charge in [0.05, 0.1) is 0 Å². The third-order valence-electron chi connectivity index (χ3n) is 3.52. The third-order valence-corrected chi connectivity index (χ3v) is 3.52. The van der Waals surface area contributed by atoms with E-state index in [0.29, 0.717) is 12.4 Å². The highest BCUT2D eigenvalue weighted by molar-refractivity contribution is 5.37. The average molecular weight is 282 g/mol. The molecule has 1 aromatic carbocycles. The first-order valence-electron chi connectivity index (χ1n) is 7.50. The van der Waals surface area contributed by atoms with Gasteiger partial charge in [-0.15, -0.1) is 0 Å². The number of ether oxygens (including phenoxy) is 1. The Morgan fingerprint density at radius 1 is 1.25 bits per heavy atom. The number of hydrogen-bond acceptors (Lipinski definition) is 3. The summed E-state index contributed by atoms with van der Waals surface area (Å²) in [6.45, 7) is 12.4. The molecule has 20 heavy (non-hydrogen) atoms. The van der Waals surface area contributed by atoms with Crippen LogP contribution in [-0.4, -0.2) is 37.7 Å². The zero-order chi connectivity index (χ0) is 15.0. The Morgan fingerprint density at radius 3 is 2.55 bits per heavy atom. The minimum Gasteiger partial charge on any atom is -0.489 e. The van der Waals surface area contributed by atoms with Crippen molar-refractivity contribution in [2.75, 3.05) is 32.8 Å². The molecule has 0 amide bonds. The van der Waals surface area contributed by atoms with Crippen LogP contribution in [0, 0.1) is 5.82 Å². The topological polar surface area (TPSA) is 24.5 Å². The first-order chi connectivity index (χ1) is 9.63. The molecule has 0 saturated carbocycles. The first kappa shape index (κ1) is 16.9. The maximum absolute atomic E-state index is 14.0. The van der Waals surface area contributed by atoms with E-state index in [1.54, 1.807) is 6.07 Å². The Balaban J connectivity index is 2.72. The Bertz CT molecular complexity index is 394. The van der Waals surface area contributed by atoms with Gasteiger partial charge in [-0.05, 0) is 32.6 Å². The fourth-order valence-electron chi connectivity index (χ4n) is 2.25. The van der Waals surface area contributed by atoms with Crippen molar-refractivity contribution in [1.82, 2.24) is 10.2 Å². The fraction of sp³-hybridized carbons (Fsp3) is 0.625. The van der Waals surface area contributed by atoms with Crippen LogP contribution in [0.15, 0.2) is 18.2 Å².